The van der Waals surface area contributed by atoms with E-state index in [0.29, 0.717) is 17.1 Å². The first-order valence-corrected chi connectivity index (χ1v) is 5.45. The maximum absolute atomic E-state index is 5.90. The Morgan fingerprint density at radius 2 is 2.29 bits per heavy atom. The number of hydrogen-bond acceptors (Lipinski definition) is 3. The topological polar surface area (TPSA) is 37.8 Å². The minimum absolute atomic E-state index is 0.534. The number of anilines is 1. The Morgan fingerprint density at radius 1 is 1.50 bits per heavy atom. The van der Waals surface area contributed by atoms with Gasteiger partial charge in [0.1, 0.15) is 5.15 Å². The third kappa shape index (κ3) is 2.58. The average Bonchev–Trinajstić information content (AvgIpc) is 2.87. The van der Waals surface area contributed by atoms with Crippen molar-refractivity contribution >= 4 is 17.5 Å². The van der Waals surface area contributed by atoms with E-state index in [4.69, 9.17) is 11.6 Å². The molecule has 76 valence electrons. The summed E-state index contributed by atoms with van der Waals surface area (Å²) in [5.41, 5.74) is 1.02. The molecule has 4 heteroatoms. The maximum Gasteiger partial charge on any atom is 0.224 e. The Hall–Kier alpha value is -0.830. The van der Waals surface area contributed by atoms with Gasteiger partial charge in [-0.25, -0.2) is 9.97 Å². The lowest BCUT2D eigenvalue weighted by molar-refractivity contribution is 0.870. The predicted molar refractivity (Wildman–Crippen MR) is 57.7 cm³/mol. The highest BCUT2D eigenvalue weighted by molar-refractivity contribution is 6.29. The van der Waals surface area contributed by atoms with Crippen LogP contribution >= 0.6 is 11.6 Å². The van der Waals surface area contributed by atoms with Crippen molar-refractivity contribution < 1.29 is 0 Å². The number of nitrogens with zero attached hydrogens (tertiary/aromatic N) is 2. The molecule has 1 aromatic rings. The standard InChI is InChI=1S/C10H14ClN3/c1-2-3-8-6-9(11)14-10(13-8)12-7-4-5-7/h6-7H,2-5H2,1H3,(H,12,13,14). The molecule has 0 saturated heterocycles. The third-order valence-electron chi connectivity index (χ3n) is 2.16. The summed E-state index contributed by atoms with van der Waals surface area (Å²) in [6.45, 7) is 2.13. The summed E-state index contributed by atoms with van der Waals surface area (Å²) in [6, 6.07) is 2.41. The van der Waals surface area contributed by atoms with Crippen LogP contribution in [-0.4, -0.2) is 16.0 Å². The van der Waals surface area contributed by atoms with E-state index in [-0.39, 0.29) is 0 Å². The van der Waals surface area contributed by atoms with Crippen LogP contribution in [0, 0.1) is 0 Å². The first-order chi connectivity index (χ1) is 6.78. The minimum atomic E-state index is 0.534. The summed E-state index contributed by atoms with van der Waals surface area (Å²) in [4.78, 5) is 8.54. The van der Waals surface area contributed by atoms with Crippen molar-refractivity contribution in [3.05, 3.63) is 16.9 Å². The highest BCUT2D eigenvalue weighted by Gasteiger charge is 2.22. The first kappa shape index (κ1) is 9.71. The zero-order valence-corrected chi connectivity index (χ0v) is 9.01. The van der Waals surface area contributed by atoms with Crippen LogP contribution in [0.1, 0.15) is 31.9 Å². The van der Waals surface area contributed by atoms with Gasteiger partial charge in [-0.2, -0.15) is 0 Å². The van der Waals surface area contributed by atoms with E-state index in [1.165, 1.54) is 12.8 Å². The van der Waals surface area contributed by atoms with Crippen molar-refractivity contribution in [1.29, 1.82) is 0 Å². The van der Waals surface area contributed by atoms with Crippen LogP contribution < -0.4 is 5.32 Å². The van der Waals surface area contributed by atoms with Crippen molar-refractivity contribution in [2.24, 2.45) is 0 Å². The van der Waals surface area contributed by atoms with E-state index in [2.05, 4.69) is 22.2 Å². The van der Waals surface area contributed by atoms with Crippen LogP contribution in [0.25, 0.3) is 0 Å². The highest BCUT2D eigenvalue weighted by Crippen LogP contribution is 2.23. The van der Waals surface area contributed by atoms with Gasteiger partial charge in [-0.3, -0.25) is 0 Å². The number of rotatable bonds is 4. The lowest BCUT2D eigenvalue weighted by atomic mass is 10.2. The van der Waals surface area contributed by atoms with Gasteiger partial charge >= 0.3 is 0 Å². The number of halogens is 1. The van der Waals surface area contributed by atoms with E-state index in [1.54, 1.807) is 0 Å². The molecule has 0 radical (unpaired) electrons. The summed E-state index contributed by atoms with van der Waals surface area (Å²) in [5.74, 6) is 0.684. The van der Waals surface area contributed by atoms with Gasteiger partial charge in [0.2, 0.25) is 5.95 Å². The van der Waals surface area contributed by atoms with Gasteiger partial charge in [0, 0.05) is 11.7 Å². The SMILES string of the molecule is CCCc1cc(Cl)nc(NC2CC2)n1. The fourth-order valence-corrected chi connectivity index (χ4v) is 1.53. The number of aromatic nitrogens is 2. The Balaban J connectivity index is 2.12. The van der Waals surface area contributed by atoms with Gasteiger partial charge in [-0.1, -0.05) is 24.9 Å². The zero-order valence-electron chi connectivity index (χ0n) is 8.26. The molecule has 2 rings (SSSR count). The molecule has 0 bridgehead atoms. The Morgan fingerprint density at radius 3 is 2.93 bits per heavy atom. The van der Waals surface area contributed by atoms with Gasteiger partial charge in [0.25, 0.3) is 0 Å². The largest absolute Gasteiger partial charge is 0.351 e. The fourth-order valence-electron chi connectivity index (χ4n) is 1.32. The fraction of sp³-hybridized carbons (Fsp3) is 0.600. The molecular weight excluding hydrogens is 198 g/mol. The molecule has 1 fully saturated rings. The summed E-state index contributed by atoms with van der Waals surface area (Å²) in [5, 5.41) is 3.78. The summed E-state index contributed by atoms with van der Waals surface area (Å²) >= 11 is 5.90. The summed E-state index contributed by atoms with van der Waals surface area (Å²) in [6.07, 6.45) is 4.48. The van der Waals surface area contributed by atoms with E-state index in [0.717, 1.165) is 18.5 Å². The molecular formula is C10H14ClN3. The van der Waals surface area contributed by atoms with Crippen LogP contribution in [0.15, 0.2) is 6.07 Å². The van der Waals surface area contributed by atoms with Gasteiger partial charge in [-0.15, -0.1) is 0 Å². The second-order valence-electron chi connectivity index (χ2n) is 3.67. The molecule has 1 heterocycles. The van der Waals surface area contributed by atoms with E-state index in [1.807, 2.05) is 6.07 Å². The molecule has 0 amide bonds. The molecule has 1 aliphatic carbocycles. The van der Waals surface area contributed by atoms with E-state index >= 15 is 0 Å². The van der Waals surface area contributed by atoms with Gasteiger partial charge in [-0.05, 0) is 25.3 Å². The number of hydrogen-bond donors (Lipinski definition) is 1. The summed E-state index contributed by atoms with van der Waals surface area (Å²) < 4.78 is 0. The molecule has 3 nitrogen and oxygen atoms in total. The molecule has 0 spiro atoms. The smallest absolute Gasteiger partial charge is 0.224 e. The third-order valence-corrected chi connectivity index (χ3v) is 2.36. The van der Waals surface area contributed by atoms with Gasteiger partial charge in [0.05, 0.1) is 0 Å². The molecule has 0 unspecified atom stereocenters. The minimum Gasteiger partial charge on any atom is -0.351 e. The molecule has 1 saturated carbocycles. The van der Waals surface area contributed by atoms with Gasteiger partial charge < -0.3 is 5.32 Å². The van der Waals surface area contributed by atoms with Crippen LogP contribution in [-0.2, 0) is 6.42 Å². The van der Waals surface area contributed by atoms with Crippen molar-refractivity contribution in [2.75, 3.05) is 5.32 Å². The quantitative estimate of drug-likeness (QED) is 0.779. The van der Waals surface area contributed by atoms with Crippen molar-refractivity contribution in [3.8, 4) is 0 Å². The molecule has 1 aromatic heterocycles. The second kappa shape index (κ2) is 4.13. The molecule has 14 heavy (non-hydrogen) atoms. The van der Waals surface area contributed by atoms with Crippen molar-refractivity contribution in [1.82, 2.24) is 9.97 Å². The first-order valence-electron chi connectivity index (χ1n) is 5.08. The predicted octanol–water partition coefficient (Wildman–Crippen LogP) is 2.66. The zero-order chi connectivity index (χ0) is 9.97. The van der Waals surface area contributed by atoms with Crippen LogP contribution in [0.4, 0.5) is 5.95 Å². The average molecular weight is 212 g/mol. The number of aryl methyl sites for hydroxylation is 1. The maximum atomic E-state index is 5.90. The Labute approximate surface area is 88.9 Å². The van der Waals surface area contributed by atoms with Crippen molar-refractivity contribution in [3.63, 3.8) is 0 Å². The molecule has 0 aromatic carbocycles. The van der Waals surface area contributed by atoms with Crippen LogP contribution in [0.3, 0.4) is 0 Å². The van der Waals surface area contributed by atoms with Gasteiger partial charge in [0.15, 0.2) is 0 Å². The second-order valence-corrected chi connectivity index (χ2v) is 4.06. The van der Waals surface area contributed by atoms with E-state index in [9.17, 15) is 0 Å². The molecule has 0 atom stereocenters. The Kier molecular flexibility index (Phi) is 2.87. The van der Waals surface area contributed by atoms with Crippen LogP contribution in [0.5, 0.6) is 0 Å². The summed E-state index contributed by atoms with van der Waals surface area (Å²) in [7, 11) is 0. The lowest BCUT2D eigenvalue weighted by Crippen LogP contribution is -2.06. The molecule has 1 N–H and O–H groups in total. The number of nitrogens with one attached hydrogen (secondary N) is 1. The lowest BCUT2D eigenvalue weighted by Gasteiger charge is -2.05. The normalized spacial score (nSPS) is 15.6. The van der Waals surface area contributed by atoms with E-state index < -0.39 is 0 Å². The Bertz CT molecular complexity index is 323. The van der Waals surface area contributed by atoms with Crippen LogP contribution in [0.2, 0.25) is 5.15 Å². The molecule has 0 aliphatic heterocycles. The van der Waals surface area contributed by atoms with Crippen molar-refractivity contribution in [2.45, 2.75) is 38.6 Å². The molecule has 1 aliphatic rings. The monoisotopic (exact) mass is 211 g/mol. The highest BCUT2D eigenvalue weighted by atomic mass is 35.5.